The van der Waals surface area contributed by atoms with E-state index in [4.69, 9.17) is 9.15 Å². The minimum atomic E-state index is -0.130. The maximum absolute atomic E-state index is 12.0. The molecule has 1 atom stereocenters. The van der Waals surface area contributed by atoms with Crippen molar-refractivity contribution in [3.63, 3.8) is 0 Å². The lowest BCUT2D eigenvalue weighted by Crippen LogP contribution is -2.23. The molecule has 0 saturated carbocycles. The predicted octanol–water partition coefficient (Wildman–Crippen LogP) is 4.84. The fourth-order valence-electron chi connectivity index (χ4n) is 3.48. The van der Waals surface area contributed by atoms with Gasteiger partial charge in [-0.3, -0.25) is 9.59 Å². The van der Waals surface area contributed by atoms with Crippen molar-refractivity contribution in [2.45, 2.75) is 46.2 Å². The summed E-state index contributed by atoms with van der Waals surface area (Å²) in [6.07, 6.45) is 5.27. The van der Waals surface area contributed by atoms with E-state index in [2.05, 4.69) is 22.2 Å². The minimum Gasteiger partial charge on any atom is -0.438 e. The Morgan fingerprint density at radius 1 is 1.21 bits per heavy atom. The van der Waals surface area contributed by atoms with Crippen molar-refractivity contribution < 1.29 is 13.9 Å². The number of nitrogens with zero attached hydrogens (tertiary/aromatic N) is 3. The molecule has 8 heteroatoms. The second kappa shape index (κ2) is 9.68. The lowest BCUT2D eigenvalue weighted by Gasteiger charge is -2.12. The number of benzene rings is 1. The van der Waals surface area contributed by atoms with Gasteiger partial charge in [0, 0.05) is 38.0 Å². The quantitative estimate of drug-likeness (QED) is 0.416. The summed E-state index contributed by atoms with van der Waals surface area (Å²) >= 11 is 0. The van der Waals surface area contributed by atoms with Crippen LogP contribution < -0.4 is 15.6 Å². The van der Waals surface area contributed by atoms with E-state index in [9.17, 15) is 9.59 Å². The molecule has 1 N–H and O–H groups in total. The molecule has 0 radical (unpaired) electrons. The third kappa shape index (κ3) is 5.28. The first-order valence-electron chi connectivity index (χ1n) is 11.0. The third-order valence-electron chi connectivity index (χ3n) is 5.25. The average molecular weight is 447 g/mol. The number of carbonyl (C=O) groups excluding carboxylic acids is 1. The molecule has 170 valence electrons. The van der Waals surface area contributed by atoms with Gasteiger partial charge in [-0.05, 0) is 43.2 Å². The largest absolute Gasteiger partial charge is 0.438 e. The number of aromatic nitrogens is 3. The highest BCUT2D eigenvalue weighted by atomic mass is 16.5. The monoisotopic (exact) mass is 446 g/mol. The zero-order valence-electron chi connectivity index (χ0n) is 18.9. The van der Waals surface area contributed by atoms with Gasteiger partial charge in [-0.1, -0.05) is 19.4 Å². The smallest absolute Gasteiger partial charge is 0.250 e. The van der Waals surface area contributed by atoms with E-state index in [-0.39, 0.29) is 17.5 Å². The Labute approximate surface area is 191 Å². The predicted molar refractivity (Wildman–Crippen MR) is 125 cm³/mol. The molecule has 0 spiro atoms. The number of aryl methyl sites for hydroxylation is 1. The van der Waals surface area contributed by atoms with Crippen LogP contribution in [0.2, 0.25) is 0 Å². The molecule has 1 amide bonds. The van der Waals surface area contributed by atoms with Crippen molar-refractivity contribution in [3.8, 4) is 23.1 Å². The van der Waals surface area contributed by atoms with Crippen LogP contribution in [0.15, 0.2) is 64.1 Å². The van der Waals surface area contributed by atoms with Gasteiger partial charge in [0.25, 0.3) is 5.56 Å². The minimum absolute atomic E-state index is 0.0512. The van der Waals surface area contributed by atoms with Crippen LogP contribution in [0.3, 0.4) is 0 Å². The van der Waals surface area contributed by atoms with Gasteiger partial charge in [0.1, 0.15) is 11.3 Å². The van der Waals surface area contributed by atoms with E-state index in [1.807, 2.05) is 31.2 Å². The molecule has 8 nitrogen and oxygen atoms in total. The number of unbranched alkanes of at least 4 members (excludes halogenated alkanes) is 1. The van der Waals surface area contributed by atoms with Gasteiger partial charge in [-0.2, -0.15) is 0 Å². The summed E-state index contributed by atoms with van der Waals surface area (Å²) in [6.45, 7) is 6.14. The van der Waals surface area contributed by atoms with Gasteiger partial charge in [0.05, 0.1) is 11.6 Å². The Bertz CT molecular complexity index is 1320. The first-order valence-corrected chi connectivity index (χ1v) is 11.0. The summed E-state index contributed by atoms with van der Waals surface area (Å²) in [6, 6.07) is 12.2. The molecule has 3 aromatic heterocycles. The topological polar surface area (TPSA) is 99.2 Å². The SMILES string of the molecule is CCCCn1cc(Oc2ccc(-c3nc4ccc(C(C)NC(C)=O)cc4o3)cn2)ccc1=O. The van der Waals surface area contributed by atoms with Crippen LogP contribution in [0.25, 0.3) is 22.6 Å². The molecular weight excluding hydrogens is 420 g/mol. The fourth-order valence-corrected chi connectivity index (χ4v) is 3.48. The second-order valence-corrected chi connectivity index (χ2v) is 7.91. The standard InChI is InChI=1S/C25H26N4O4/c1-4-5-12-29-15-20(8-11-24(29)31)32-23-10-7-19(14-26-23)25-28-21-9-6-18(13-22(21)33-25)16(2)27-17(3)30/h6-11,13-16H,4-5,12H2,1-3H3,(H,27,30). The van der Waals surface area contributed by atoms with Gasteiger partial charge < -0.3 is 19.0 Å². The highest BCUT2D eigenvalue weighted by Gasteiger charge is 2.13. The van der Waals surface area contributed by atoms with Gasteiger partial charge in [-0.25, -0.2) is 9.97 Å². The van der Waals surface area contributed by atoms with Crippen molar-refractivity contribution in [3.05, 3.63) is 70.8 Å². The number of hydrogen-bond acceptors (Lipinski definition) is 6. The Kier molecular flexibility index (Phi) is 6.53. The Morgan fingerprint density at radius 2 is 2.06 bits per heavy atom. The van der Waals surface area contributed by atoms with Crippen LogP contribution >= 0.6 is 0 Å². The highest BCUT2D eigenvalue weighted by molar-refractivity contribution is 5.77. The van der Waals surface area contributed by atoms with Crippen LogP contribution in [0, 0.1) is 0 Å². The number of pyridine rings is 2. The van der Waals surface area contributed by atoms with E-state index >= 15 is 0 Å². The molecular formula is C25H26N4O4. The van der Waals surface area contributed by atoms with Crippen molar-refractivity contribution in [2.75, 3.05) is 0 Å². The van der Waals surface area contributed by atoms with Crippen molar-refractivity contribution in [2.24, 2.45) is 0 Å². The number of carbonyl (C=O) groups is 1. The number of fused-ring (bicyclic) bond motifs is 1. The maximum atomic E-state index is 12.0. The van der Waals surface area contributed by atoms with Crippen LogP contribution in [0.5, 0.6) is 11.6 Å². The molecule has 0 aliphatic carbocycles. The Balaban J connectivity index is 1.51. The zero-order chi connectivity index (χ0) is 23.4. The highest BCUT2D eigenvalue weighted by Crippen LogP contribution is 2.28. The average Bonchev–Trinajstić information content (AvgIpc) is 3.23. The van der Waals surface area contributed by atoms with Gasteiger partial charge >= 0.3 is 0 Å². The Hall–Kier alpha value is -3.94. The van der Waals surface area contributed by atoms with Crippen LogP contribution in [0.1, 0.15) is 45.2 Å². The van der Waals surface area contributed by atoms with Crippen LogP contribution in [-0.4, -0.2) is 20.4 Å². The number of ether oxygens (including phenoxy) is 1. The molecule has 0 fully saturated rings. The molecule has 33 heavy (non-hydrogen) atoms. The molecule has 0 bridgehead atoms. The zero-order valence-corrected chi connectivity index (χ0v) is 18.9. The number of oxazole rings is 1. The molecule has 4 aromatic rings. The van der Waals surface area contributed by atoms with Gasteiger partial charge in [0.2, 0.25) is 17.7 Å². The maximum Gasteiger partial charge on any atom is 0.250 e. The van der Waals surface area contributed by atoms with Crippen molar-refractivity contribution >= 4 is 17.0 Å². The summed E-state index contributed by atoms with van der Waals surface area (Å²) in [4.78, 5) is 32.2. The first kappa shape index (κ1) is 22.3. The third-order valence-corrected chi connectivity index (χ3v) is 5.25. The molecule has 1 unspecified atom stereocenters. The van der Waals surface area contributed by atoms with E-state index in [0.29, 0.717) is 35.2 Å². The Morgan fingerprint density at radius 3 is 2.79 bits per heavy atom. The molecule has 0 aliphatic rings. The van der Waals surface area contributed by atoms with Crippen molar-refractivity contribution in [1.82, 2.24) is 19.9 Å². The van der Waals surface area contributed by atoms with E-state index in [1.54, 1.807) is 29.1 Å². The summed E-state index contributed by atoms with van der Waals surface area (Å²) in [5.41, 5.74) is 2.95. The summed E-state index contributed by atoms with van der Waals surface area (Å²) in [5, 5.41) is 2.86. The number of nitrogens with one attached hydrogen (secondary N) is 1. The molecule has 3 heterocycles. The summed E-state index contributed by atoms with van der Waals surface area (Å²) in [5.74, 6) is 1.31. The molecule has 4 rings (SSSR count). The van der Waals surface area contributed by atoms with E-state index < -0.39 is 0 Å². The molecule has 1 aromatic carbocycles. The van der Waals surface area contributed by atoms with E-state index in [1.165, 1.54) is 13.0 Å². The fraction of sp³-hybridized carbons (Fsp3) is 0.280. The lowest BCUT2D eigenvalue weighted by atomic mass is 10.1. The number of hydrogen-bond donors (Lipinski definition) is 1. The van der Waals surface area contributed by atoms with Gasteiger partial charge in [0.15, 0.2) is 5.58 Å². The second-order valence-electron chi connectivity index (χ2n) is 7.91. The molecule has 0 aliphatic heterocycles. The lowest BCUT2D eigenvalue weighted by molar-refractivity contribution is -0.119. The van der Waals surface area contributed by atoms with Gasteiger partial charge in [-0.15, -0.1) is 0 Å². The van der Waals surface area contributed by atoms with E-state index in [0.717, 1.165) is 23.9 Å². The number of rotatable bonds is 8. The summed E-state index contributed by atoms with van der Waals surface area (Å²) in [7, 11) is 0. The first-order chi connectivity index (χ1) is 15.9. The van der Waals surface area contributed by atoms with Crippen molar-refractivity contribution in [1.29, 1.82) is 0 Å². The van der Waals surface area contributed by atoms with Crippen LogP contribution in [-0.2, 0) is 11.3 Å². The summed E-state index contributed by atoms with van der Waals surface area (Å²) < 4.78 is 13.4. The van der Waals surface area contributed by atoms with Crippen LogP contribution in [0.4, 0.5) is 0 Å². The number of amides is 1. The normalized spacial score (nSPS) is 12.0. The molecule has 0 saturated heterocycles.